The van der Waals surface area contributed by atoms with Crippen LogP contribution >= 0.6 is 11.6 Å². The number of aromatic hydroxyl groups is 2. The Morgan fingerprint density at radius 3 is 2.75 bits per heavy atom. The summed E-state index contributed by atoms with van der Waals surface area (Å²) in [6.07, 6.45) is 0.381. The van der Waals surface area contributed by atoms with Crippen molar-refractivity contribution in [3.63, 3.8) is 0 Å². The Morgan fingerprint density at radius 1 is 1.29 bits per heavy atom. The molecule has 0 bridgehead atoms. The van der Waals surface area contributed by atoms with Gasteiger partial charge in [0, 0.05) is 16.1 Å². The molecule has 0 saturated carbocycles. The molecule has 3 rings (SSSR count). The Hall–Kier alpha value is -2.60. The minimum absolute atomic E-state index is 0.0263. The van der Waals surface area contributed by atoms with Gasteiger partial charge in [-0.3, -0.25) is 4.79 Å². The van der Waals surface area contributed by atoms with Crippen LogP contribution in [0.1, 0.15) is 40.7 Å². The molecule has 24 heavy (non-hydrogen) atoms. The van der Waals surface area contributed by atoms with Crippen LogP contribution in [-0.2, 0) is 0 Å². The molecule has 0 unspecified atom stereocenters. The van der Waals surface area contributed by atoms with Crippen molar-refractivity contribution in [2.45, 2.75) is 19.3 Å². The Kier molecular flexibility index (Phi) is 4.15. The van der Waals surface area contributed by atoms with Gasteiger partial charge in [-0.25, -0.2) is 9.82 Å². The Balaban J connectivity index is 1.91. The van der Waals surface area contributed by atoms with Crippen molar-refractivity contribution in [2.24, 2.45) is 5.10 Å². The zero-order valence-corrected chi connectivity index (χ0v) is 13.4. The van der Waals surface area contributed by atoms with Gasteiger partial charge in [-0.05, 0) is 42.7 Å². The van der Waals surface area contributed by atoms with Crippen LogP contribution in [0.15, 0.2) is 35.4 Å². The largest absolute Gasteiger partial charge is 0.507 e. The van der Waals surface area contributed by atoms with Crippen LogP contribution in [0.25, 0.3) is 0 Å². The lowest BCUT2D eigenvalue weighted by Crippen LogP contribution is -2.19. The highest BCUT2D eigenvalue weighted by atomic mass is 35.5. The van der Waals surface area contributed by atoms with Crippen molar-refractivity contribution < 1.29 is 19.4 Å². The number of phenolic OH excluding ortho intramolecular Hbond substituents is 2. The molecule has 0 aliphatic heterocycles. The highest BCUT2D eigenvalue weighted by Gasteiger charge is 2.30. The molecule has 1 amide bonds. The van der Waals surface area contributed by atoms with E-state index in [0.717, 1.165) is 0 Å². The molecule has 1 atom stereocenters. The third kappa shape index (κ3) is 2.80. The maximum atomic E-state index is 14.0. The van der Waals surface area contributed by atoms with Crippen LogP contribution in [0.4, 0.5) is 4.39 Å². The van der Waals surface area contributed by atoms with Gasteiger partial charge in [-0.2, -0.15) is 5.10 Å². The summed E-state index contributed by atoms with van der Waals surface area (Å²) in [4.78, 5) is 12.1. The Morgan fingerprint density at radius 2 is 2.00 bits per heavy atom. The van der Waals surface area contributed by atoms with E-state index in [1.807, 2.05) is 6.92 Å². The highest BCUT2D eigenvalue weighted by Crippen LogP contribution is 2.39. The van der Waals surface area contributed by atoms with E-state index < -0.39 is 11.7 Å². The number of carbonyl (C=O) groups is 1. The number of carbonyl (C=O) groups excluding carboxylic acids is 1. The monoisotopic (exact) mass is 348 g/mol. The fourth-order valence-electron chi connectivity index (χ4n) is 2.83. The van der Waals surface area contributed by atoms with Crippen LogP contribution in [0.2, 0.25) is 5.02 Å². The summed E-state index contributed by atoms with van der Waals surface area (Å²) in [6, 6.07) is 6.53. The quantitative estimate of drug-likeness (QED) is 0.726. The second-order valence-electron chi connectivity index (χ2n) is 5.62. The van der Waals surface area contributed by atoms with E-state index in [9.17, 15) is 19.4 Å². The van der Waals surface area contributed by atoms with Gasteiger partial charge in [0.25, 0.3) is 5.91 Å². The van der Waals surface area contributed by atoms with Gasteiger partial charge in [-0.15, -0.1) is 0 Å². The van der Waals surface area contributed by atoms with Gasteiger partial charge in [0.2, 0.25) is 0 Å². The van der Waals surface area contributed by atoms with Crippen LogP contribution in [0.5, 0.6) is 11.5 Å². The van der Waals surface area contributed by atoms with Crippen molar-refractivity contribution in [2.75, 3.05) is 0 Å². The third-order valence-corrected chi connectivity index (χ3v) is 4.18. The molecule has 0 aromatic heterocycles. The van der Waals surface area contributed by atoms with E-state index in [1.165, 1.54) is 30.3 Å². The predicted molar refractivity (Wildman–Crippen MR) is 88.2 cm³/mol. The number of rotatable bonds is 2. The van der Waals surface area contributed by atoms with Gasteiger partial charge in [0.15, 0.2) is 0 Å². The SMILES string of the molecule is C[C@@H]1C/C(=N\NC(=O)c2cc(Cl)ccc2O)c2c(O)ccc(F)c21. The number of hydrogen-bond acceptors (Lipinski definition) is 4. The number of benzene rings is 2. The molecule has 0 saturated heterocycles. The third-order valence-electron chi connectivity index (χ3n) is 3.95. The van der Waals surface area contributed by atoms with Crippen molar-refractivity contribution in [1.29, 1.82) is 0 Å². The van der Waals surface area contributed by atoms with E-state index in [-0.39, 0.29) is 23.0 Å². The maximum absolute atomic E-state index is 14.0. The average molecular weight is 349 g/mol. The van der Waals surface area contributed by atoms with Crippen molar-refractivity contribution in [3.05, 3.63) is 57.9 Å². The molecule has 3 N–H and O–H groups in total. The van der Waals surface area contributed by atoms with E-state index in [2.05, 4.69) is 10.5 Å². The molecular formula is C17H14ClFN2O3. The lowest BCUT2D eigenvalue weighted by Gasteiger charge is -2.07. The van der Waals surface area contributed by atoms with E-state index in [1.54, 1.807) is 0 Å². The van der Waals surface area contributed by atoms with Gasteiger partial charge in [-0.1, -0.05) is 18.5 Å². The summed E-state index contributed by atoms with van der Waals surface area (Å²) in [7, 11) is 0. The lowest BCUT2D eigenvalue weighted by molar-refractivity contribution is 0.0952. The molecule has 124 valence electrons. The molecule has 7 heteroatoms. The average Bonchev–Trinajstić information content (AvgIpc) is 2.89. The number of hydrazone groups is 1. The van der Waals surface area contributed by atoms with Gasteiger partial charge in [0.05, 0.1) is 11.3 Å². The first-order valence-corrected chi connectivity index (χ1v) is 7.63. The van der Waals surface area contributed by atoms with Crippen LogP contribution in [0, 0.1) is 5.82 Å². The minimum Gasteiger partial charge on any atom is -0.507 e. The number of phenols is 2. The molecule has 0 fully saturated rings. The summed E-state index contributed by atoms with van der Waals surface area (Å²) < 4.78 is 14.0. The number of fused-ring (bicyclic) bond motifs is 1. The summed E-state index contributed by atoms with van der Waals surface area (Å²) in [6.45, 7) is 1.81. The molecule has 2 aromatic carbocycles. The number of amides is 1. The first-order chi connectivity index (χ1) is 11.4. The first-order valence-electron chi connectivity index (χ1n) is 7.25. The van der Waals surface area contributed by atoms with Crippen molar-refractivity contribution in [1.82, 2.24) is 5.43 Å². The summed E-state index contributed by atoms with van der Waals surface area (Å²) in [5.74, 6) is -1.55. The molecule has 0 heterocycles. The molecular weight excluding hydrogens is 335 g/mol. The molecule has 1 aliphatic rings. The summed E-state index contributed by atoms with van der Waals surface area (Å²) >= 11 is 5.81. The van der Waals surface area contributed by atoms with Crippen LogP contribution in [0.3, 0.4) is 0 Å². The number of nitrogens with zero attached hydrogens (tertiary/aromatic N) is 1. The zero-order valence-electron chi connectivity index (χ0n) is 12.7. The van der Waals surface area contributed by atoms with Crippen LogP contribution in [-0.4, -0.2) is 21.8 Å². The molecule has 0 spiro atoms. The normalized spacial score (nSPS) is 17.8. The van der Waals surface area contributed by atoms with E-state index in [4.69, 9.17) is 11.6 Å². The first kappa shape index (κ1) is 16.3. The summed E-state index contributed by atoms with van der Waals surface area (Å²) in [5.41, 5.74) is 3.35. The number of halogens is 2. The molecule has 5 nitrogen and oxygen atoms in total. The Labute approximate surface area is 142 Å². The fraction of sp³-hybridized carbons (Fsp3) is 0.176. The number of hydrogen-bond donors (Lipinski definition) is 3. The van der Waals surface area contributed by atoms with Crippen molar-refractivity contribution >= 4 is 23.2 Å². The van der Waals surface area contributed by atoms with Gasteiger partial charge in [0.1, 0.15) is 17.3 Å². The van der Waals surface area contributed by atoms with E-state index >= 15 is 0 Å². The van der Waals surface area contributed by atoms with Gasteiger partial charge < -0.3 is 10.2 Å². The highest BCUT2D eigenvalue weighted by molar-refractivity contribution is 6.31. The smallest absolute Gasteiger partial charge is 0.275 e. The second kappa shape index (κ2) is 6.13. The predicted octanol–water partition coefficient (Wildman–Crippen LogP) is 3.53. The van der Waals surface area contributed by atoms with E-state index in [0.29, 0.717) is 28.3 Å². The fourth-order valence-corrected chi connectivity index (χ4v) is 3.00. The molecule has 0 radical (unpaired) electrons. The minimum atomic E-state index is -0.653. The molecule has 1 aliphatic carbocycles. The van der Waals surface area contributed by atoms with Crippen LogP contribution < -0.4 is 5.43 Å². The zero-order chi connectivity index (χ0) is 17.4. The second-order valence-corrected chi connectivity index (χ2v) is 6.06. The lowest BCUT2D eigenvalue weighted by atomic mass is 10.0. The van der Waals surface area contributed by atoms with Crippen molar-refractivity contribution in [3.8, 4) is 11.5 Å². The standard InChI is InChI=1S/C17H14ClFN2O3/c1-8-6-12(16-14(23)5-3-11(19)15(8)16)20-21-17(24)10-7-9(18)2-4-13(10)22/h2-5,7-8,22-23H,6H2,1H3,(H,21,24)/b20-12+/t8-/m1/s1. The summed E-state index contributed by atoms with van der Waals surface area (Å²) in [5, 5.41) is 24.0. The maximum Gasteiger partial charge on any atom is 0.275 e. The molecule has 2 aromatic rings. The Bertz CT molecular complexity index is 867. The number of nitrogens with one attached hydrogen (secondary N) is 1. The topological polar surface area (TPSA) is 81.9 Å². The van der Waals surface area contributed by atoms with Gasteiger partial charge >= 0.3 is 0 Å².